The Labute approximate surface area is 306 Å². The molecular weight excluding hydrogens is 673 g/mol. The van der Waals surface area contributed by atoms with Gasteiger partial charge in [0.1, 0.15) is 16.7 Å². The Morgan fingerprint density at radius 1 is 0.396 bits per heavy atom. The van der Waals surface area contributed by atoms with Crippen molar-refractivity contribution >= 4 is 64.5 Å². The van der Waals surface area contributed by atoms with E-state index in [0.717, 1.165) is 81.9 Å². The zero-order valence-corrected chi connectivity index (χ0v) is 28.8. The predicted octanol–water partition coefficient (Wildman–Crippen LogP) is 12.6. The first kappa shape index (κ1) is 29.7. The summed E-state index contributed by atoms with van der Waals surface area (Å²) in [6, 6.07) is 53.4. The molecule has 11 rings (SSSR count). The maximum Gasteiger partial charge on any atom is 0.227 e. The first-order valence-electron chi connectivity index (χ1n) is 17.4. The van der Waals surface area contributed by atoms with Gasteiger partial charge in [-0.1, -0.05) is 109 Å². The SMILES string of the molecule is c1ccc(-c2nc(-c3ccccc3)nc(-c3ccc(-c4cccc5sc6cc7nc(-c8ccccc8)oc7cc6c45)c4oc5ccccc5c34)n2)cc1. The maximum absolute atomic E-state index is 6.79. The van der Waals surface area contributed by atoms with Gasteiger partial charge in [0.2, 0.25) is 5.89 Å². The van der Waals surface area contributed by atoms with Crippen molar-refractivity contribution in [1.29, 1.82) is 0 Å². The van der Waals surface area contributed by atoms with E-state index in [1.807, 2.05) is 109 Å². The van der Waals surface area contributed by atoms with Crippen LogP contribution in [-0.4, -0.2) is 19.9 Å². The number of para-hydroxylation sites is 1. The summed E-state index contributed by atoms with van der Waals surface area (Å²) >= 11 is 1.76. The summed E-state index contributed by atoms with van der Waals surface area (Å²) in [4.78, 5) is 20.0. The molecule has 0 radical (unpaired) electrons. The number of hydrogen-bond donors (Lipinski definition) is 0. The van der Waals surface area contributed by atoms with Gasteiger partial charge in [-0.15, -0.1) is 11.3 Å². The largest absolute Gasteiger partial charge is 0.455 e. The van der Waals surface area contributed by atoms with Crippen molar-refractivity contribution in [3.8, 4) is 56.7 Å². The van der Waals surface area contributed by atoms with Gasteiger partial charge >= 0.3 is 0 Å². The van der Waals surface area contributed by atoms with E-state index in [9.17, 15) is 0 Å². The second kappa shape index (κ2) is 11.8. The minimum absolute atomic E-state index is 0.585. The quantitative estimate of drug-likeness (QED) is 0.178. The number of hydrogen-bond acceptors (Lipinski definition) is 7. The summed E-state index contributed by atoms with van der Waals surface area (Å²) in [5, 5.41) is 4.24. The predicted molar refractivity (Wildman–Crippen MR) is 215 cm³/mol. The zero-order chi connectivity index (χ0) is 34.9. The van der Waals surface area contributed by atoms with Gasteiger partial charge in [0, 0.05) is 58.8 Å². The highest BCUT2D eigenvalue weighted by Gasteiger charge is 2.23. The molecule has 0 spiro atoms. The highest BCUT2D eigenvalue weighted by Crippen LogP contribution is 2.46. The molecule has 0 saturated carbocycles. The summed E-state index contributed by atoms with van der Waals surface area (Å²) in [5.41, 5.74) is 8.94. The minimum Gasteiger partial charge on any atom is -0.455 e. The Bertz CT molecular complexity index is 3110. The number of rotatable bonds is 5. The lowest BCUT2D eigenvalue weighted by molar-refractivity contribution is 0.620. The molecule has 53 heavy (non-hydrogen) atoms. The van der Waals surface area contributed by atoms with Gasteiger partial charge in [-0.2, -0.15) is 0 Å². The van der Waals surface area contributed by atoms with Crippen LogP contribution in [0, 0.1) is 0 Å². The number of furan rings is 1. The highest BCUT2D eigenvalue weighted by molar-refractivity contribution is 7.26. The maximum atomic E-state index is 6.79. The van der Waals surface area contributed by atoms with Crippen molar-refractivity contribution in [2.45, 2.75) is 0 Å². The minimum atomic E-state index is 0.585. The molecule has 0 fully saturated rings. The molecule has 0 unspecified atom stereocenters. The summed E-state index contributed by atoms with van der Waals surface area (Å²) in [7, 11) is 0. The average Bonchev–Trinajstić information content (AvgIpc) is 3.93. The summed E-state index contributed by atoms with van der Waals surface area (Å²) in [5.74, 6) is 2.43. The Kier molecular flexibility index (Phi) is 6.62. The molecule has 0 saturated heterocycles. The average molecular weight is 699 g/mol. The monoisotopic (exact) mass is 698 g/mol. The van der Waals surface area contributed by atoms with Crippen LogP contribution in [0.5, 0.6) is 0 Å². The normalized spacial score (nSPS) is 11.8. The standard InChI is InChI=1S/C46H26N4O2S/c1-4-13-27(14-5-1)43-48-44(28-15-6-2-7-16-28)50-45(49-43)33-24-23-31(42-41(33)32-19-10-11-21-36(32)51-42)30-20-12-22-38-40(30)34-25-37-35(26-39(34)53-38)47-46(52-37)29-17-8-3-9-18-29/h1-26H. The molecule has 0 aliphatic carbocycles. The van der Waals surface area contributed by atoms with Gasteiger partial charge in [0.15, 0.2) is 23.1 Å². The second-order valence-corrected chi connectivity index (χ2v) is 14.1. The zero-order valence-electron chi connectivity index (χ0n) is 28.0. The molecule has 7 heteroatoms. The number of aromatic nitrogens is 4. The Morgan fingerprint density at radius 2 is 1.04 bits per heavy atom. The number of oxazole rings is 1. The molecular formula is C46H26N4O2S. The van der Waals surface area contributed by atoms with E-state index in [1.54, 1.807) is 11.3 Å². The van der Waals surface area contributed by atoms with Crippen molar-refractivity contribution in [2.75, 3.05) is 0 Å². The fourth-order valence-electron chi connectivity index (χ4n) is 7.33. The third-order valence-electron chi connectivity index (χ3n) is 9.78. The van der Waals surface area contributed by atoms with Crippen molar-refractivity contribution in [2.24, 2.45) is 0 Å². The molecule has 0 aliphatic rings. The van der Waals surface area contributed by atoms with Crippen molar-refractivity contribution in [1.82, 2.24) is 19.9 Å². The highest BCUT2D eigenvalue weighted by atomic mass is 32.1. The van der Waals surface area contributed by atoms with Crippen LogP contribution in [0.2, 0.25) is 0 Å². The molecule has 0 aliphatic heterocycles. The van der Waals surface area contributed by atoms with E-state index in [0.29, 0.717) is 23.4 Å². The van der Waals surface area contributed by atoms with Crippen molar-refractivity contribution in [3.63, 3.8) is 0 Å². The third-order valence-corrected chi connectivity index (χ3v) is 10.9. The topological polar surface area (TPSA) is 77.8 Å². The van der Waals surface area contributed by atoms with Gasteiger partial charge in [-0.05, 0) is 54.1 Å². The van der Waals surface area contributed by atoms with Crippen LogP contribution in [0.1, 0.15) is 0 Å². The smallest absolute Gasteiger partial charge is 0.227 e. The summed E-state index contributed by atoms with van der Waals surface area (Å²) in [6.07, 6.45) is 0. The van der Waals surface area contributed by atoms with Crippen LogP contribution in [0.15, 0.2) is 167 Å². The van der Waals surface area contributed by atoms with Crippen molar-refractivity contribution in [3.05, 3.63) is 158 Å². The van der Waals surface area contributed by atoms with Crippen LogP contribution in [0.25, 0.3) is 110 Å². The summed E-state index contributed by atoms with van der Waals surface area (Å²) < 4.78 is 15.5. The lowest BCUT2D eigenvalue weighted by Crippen LogP contribution is -2.00. The molecule has 0 N–H and O–H groups in total. The van der Waals surface area contributed by atoms with Gasteiger partial charge in [0.25, 0.3) is 0 Å². The number of nitrogens with zero attached hydrogens (tertiary/aromatic N) is 4. The lowest BCUT2D eigenvalue weighted by Gasteiger charge is -2.11. The Hall–Kier alpha value is -6.96. The van der Waals surface area contributed by atoms with Gasteiger partial charge in [-0.25, -0.2) is 19.9 Å². The molecule has 0 atom stereocenters. The van der Waals surface area contributed by atoms with E-state index < -0.39 is 0 Å². The van der Waals surface area contributed by atoms with Gasteiger partial charge in [-0.3, -0.25) is 0 Å². The molecule has 4 heterocycles. The van der Waals surface area contributed by atoms with Crippen LogP contribution in [0.4, 0.5) is 0 Å². The summed E-state index contributed by atoms with van der Waals surface area (Å²) in [6.45, 7) is 0. The van der Waals surface area contributed by atoms with Crippen LogP contribution < -0.4 is 0 Å². The van der Waals surface area contributed by atoms with E-state index in [4.69, 9.17) is 28.8 Å². The number of thiophene rings is 1. The molecule has 11 aromatic rings. The van der Waals surface area contributed by atoms with Crippen molar-refractivity contribution < 1.29 is 8.83 Å². The molecule has 4 aromatic heterocycles. The third kappa shape index (κ3) is 4.86. The Balaban J connectivity index is 1.15. The van der Waals surface area contributed by atoms with E-state index in [1.165, 1.54) is 4.70 Å². The second-order valence-electron chi connectivity index (χ2n) is 13.0. The first-order valence-corrected chi connectivity index (χ1v) is 18.2. The van der Waals surface area contributed by atoms with E-state index in [-0.39, 0.29) is 0 Å². The van der Waals surface area contributed by atoms with Gasteiger partial charge < -0.3 is 8.83 Å². The molecule has 7 aromatic carbocycles. The molecule has 0 amide bonds. The van der Waals surface area contributed by atoms with Crippen LogP contribution in [-0.2, 0) is 0 Å². The van der Waals surface area contributed by atoms with Gasteiger partial charge in [0.05, 0.1) is 0 Å². The molecule has 6 nitrogen and oxygen atoms in total. The lowest BCUT2D eigenvalue weighted by atomic mass is 9.95. The fourth-order valence-corrected chi connectivity index (χ4v) is 8.48. The number of benzene rings is 7. The van der Waals surface area contributed by atoms with E-state index >= 15 is 0 Å². The molecule has 0 bridgehead atoms. The van der Waals surface area contributed by atoms with E-state index in [2.05, 4.69) is 48.5 Å². The van der Waals surface area contributed by atoms with Crippen LogP contribution in [0.3, 0.4) is 0 Å². The molecule has 248 valence electrons. The first-order chi connectivity index (χ1) is 26.2. The number of fused-ring (bicyclic) bond motifs is 7. The van der Waals surface area contributed by atoms with Crippen LogP contribution >= 0.6 is 11.3 Å². The Morgan fingerprint density at radius 3 is 1.77 bits per heavy atom. The fraction of sp³-hybridized carbons (Fsp3) is 0.